The molecule has 0 fully saturated rings. The maximum Gasteiger partial charge on any atom is 0.0846 e. The first kappa shape index (κ1) is 11.4. The molecule has 0 radical (unpaired) electrons. The summed E-state index contributed by atoms with van der Waals surface area (Å²) in [4.78, 5) is 2.81. The highest BCUT2D eigenvalue weighted by Gasteiger charge is 2.22. The summed E-state index contributed by atoms with van der Waals surface area (Å²) in [6.07, 6.45) is 0. The number of thioether (sulfide) groups is 2. The Labute approximate surface area is 121 Å². The van der Waals surface area contributed by atoms with Gasteiger partial charge >= 0.3 is 0 Å². The van der Waals surface area contributed by atoms with E-state index in [0.29, 0.717) is 4.58 Å². The molecule has 0 spiro atoms. The molecule has 0 saturated carbocycles. The zero-order valence-electron chi connectivity index (χ0n) is 10.2. The van der Waals surface area contributed by atoms with Gasteiger partial charge in [0.05, 0.1) is 4.58 Å². The highest BCUT2D eigenvalue weighted by Crippen LogP contribution is 2.55. The normalized spacial score (nSPS) is 14.7. The van der Waals surface area contributed by atoms with E-state index < -0.39 is 0 Å². The van der Waals surface area contributed by atoms with E-state index in [1.807, 2.05) is 23.5 Å². The van der Waals surface area contributed by atoms with Crippen LogP contribution in [0.1, 0.15) is 10.1 Å². The Bertz CT molecular complexity index is 694. The van der Waals surface area contributed by atoms with Gasteiger partial charge in [-0.25, -0.2) is 0 Å². The van der Waals surface area contributed by atoms with E-state index in [9.17, 15) is 0 Å². The fraction of sp³-hybridized carbons (Fsp3) is 0.0588. The number of benzene rings is 3. The Kier molecular flexibility index (Phi) is 2.78. The lowest BCUT2D eigenvalue weighted by Gasteiger charge is -2.24. The van der Waals surface area contributed by atoms with Crippen molar-refractivity contribution in [3.05, 3.63) is 72.3 Å². The summed E-state index contributed by atoms with van der Waals surface area (Å²) in [6, 6.07) is 24.0. The van der Waals surface area contributed by atoms with Crippen molar-refractivity contribution in [3.8, 4) is 0 Å². The summed E-state index contributed by atoms with van der Waals surface area (Å²) < 4.78 is 0.460. The van der Waals surface area contributed by atoms with E-state index in [4.69, 9.17) is 0 Å². The van der Waals surface area contributed by atoms with Crippen molar-refractivity contribution >= 4 is 34.3 Å². The van der Waals surface area contributed by atoms with Gasteiger partial charge in [0, 0.05) is 15.2 Å². The van der Waals surface area contributed by atoms with Gasteiger partial charge in [0.25, 0.3) is 0 Å². The van der Waals surface area contributed by atoms with Gasteiger partial charge in [-0.2, -0.15) is 0 Å². The Morgan fingerprint density at radius 1 is 0.632 bits per heavy atom. The molecule has 3 aromatic carbocycles. The monoisotopic (exact) mass is 280 g/mol. The van der Waals surface area contributed by atoms with Crippen LogP contribution in [-0.2, 0) is 0 Å². The number of hydrogen-bond donors (Lipinski definition) is 0. The van der Waals surface area contributed by atoms with Crippen LogP contribution in [0.5, 0.6) is 0 Å². The summed E-state index contributed by atoms with van der Waals surface area (Å²) in [6.45, 7) is 0. The molecular weight excluding hydrogens is 268 g/mol. The summed E-state index contributed by atoms with van der Waals surface area (Å²) in [5.74, 6) is 0. The fourth-order valence-corrected chi connectivity index (χ4v) is 5.40. The lowest BCUT2D eigenvalue weighted by molar-refractivity contribution is 1.32. The predicted molar refractivity (Wildman–Crippen MR) is 84.8 cm³/mol. The van der Waals surface area contributed by atoms with Crippen molar-refractivity contribution in [2.45, 2.75) is 14.4 Å². The van der Waals surface area contributed by atoms with Crippen molar-refractivity contribution in [2.75, 3.05) is 0 Å². The number of hydrogen-bond acceptors (Lipinski definition) is 2. The first-order valence-electron chi connectivity index (χ1n) is 6.32. The largest absolute Gasteiger partial charge is 0.106 e. The molecule has 0 bridgehead atoms. The Balaban J connectivity index is 1.85. The molecule has 19 heavy (non-hydrogen) atoms. The molecule has 3 aromatic rings. The minimum Gasteiger partial charge on any atom is -0.106 e. The van der Waals surface area contributed by atoms with Gasteiger partial charge in [-0.05, 0) is 23.1 Å². The van der Waals surface area contributed by atoms with Crippen LogP contribution < -0.4 is 0 Å². The number of rotatable bonds is 1. The van der Waals surface area contributed by atoms with Crippen molar-refractivity contribution in [3.63, 3.8) is 0 Å². The van der Waals surface area contributed by atoms with Crippen molar-refractivity contribution in [1.82, 2.24) is 0 Å². The highest BCUT2D eigenvalue weighted by atomic mass is 32.2. The Morgan fingerprint density at radius 2 is 1.26 bits per heavy atom. The first-order valence-corrected chi connectivity index (χ1v) is 8.08. The third-order valence-corrected chi connectivity index (χ3v) is 6.11. The lowest BCUT2D eigenvalue weighted by Crippen LogP contribution is -1.95. The third-order valence-electron chi connectivity index (χ3n) is 3.37. The topological polar surface area (TPSA) is 0 Å². The average Bonchev–Trinajstić information content (AvgIpc) is 2.49. The summed E-state index contributed by atoms with van der Waals surface area (Å²) >= 11 is 3.93. The average molecular weight is 280 g/mol. The maximum absolute atomic E-state index is 2.24. The molecule has 0 aliphatic carbocycles. The van der Waals surface area contributed by atoms with Crippen LogP contribution in [0.3, 0.4) is 0 Å². The van der Waals surface area contributed by atoms with Crippen LogP contribution in [0, 0.1) is 0 Å². The van der Waals surface area contributed by atoms with E-state index in [1.165, 1.54) is 26.1 Å². The summed E-state index contributed by atoms with van der Waals surface area (Å²) in [5, 5.41) is 2.77. The van der Waals surface area contributed by atoms with E-state index in [1.54, 1.807) is 0 Å². The van der Waals surface area contributed by atoms with Crippen molar-refractivity contribution in [1.29, 1.82) is 0 Å². The molecular formula is C17H12S2. The third kappa shape index (κ3) is 1.96. The van der Waals surface area contributed by atoms with E-state index >= 15 is 0 Å². The van der Waals surface area contributed by atoms with Crippen molar-refractivity contribution < 1.29 is 0 Å². The first-order chi connectivity index (χ1) is 9.42. The van der Waals surface area contributed by atoms with Gasteiger partial charge in [-0.3, -0.25) is 0 Å². The van der Waals surface area contributed by atoms with Crippen LogP contribution in [0.25, 0.3) is 10.8 Å². The van der Waals surface area contributed by atoms with Gasteiger partial charge in [0.1, 0.15) is 0 Å². The second-order valence-electron chi connectivity index (χ2n) is 4.59. The molecule has 0 N–H and O–H groups in total. The molecule has 0 amide bonds. The molecule has 0 unspecified atom stereocenters. The second-order valence-corrected chi connectivity index (χ2v) is 7.18. The Morgan fingerprint density at radius 3 is 1.89 bits per heavy atom. The molecule has 0 aromatic heterocycles. The SMILES string of the molecule is c1ccc(C2Sc3cccc4cccc(c34)S2)cc1. The fourth-order valence-electron chi connectivity index (χ4n) is 2.47. The lowest BCUT2D eigenvalue weighted by atomic mass is 10.1. The molecule has 2 heteroatoms. The van der Waals surface area contributed by atoms with Gasteiger partial charge in [-0.1, -0.05) is 54.6 Å². The second kappa shape index (κ2) is 4.62. The van der Waals surface area contributed by atoms with Gasteiger partial charge in [-0.15, -0.1) is 23.5 Å². The molecule has 0 nitrogen and oxygen atoms in total. The maximum atomic E-state index is 2.24. The molecule has 4 rings (SSSR count). The Hall–Kier alpha value is -1.38. The quantitative estimate of drug-likeness (QED) is 0.557. The molecule has 1 heterocycles. The van der Waals surface area contributed by atoms with Crippen LogP contribution in [0.2, 0.25) is 0 Å². The molecule has 1 aliphatic heterocycles. The molecule has 0 atom stereocenters. The molecule has 1 aliphatic rings. The molecule has 0 saturated heterocycles. The van der Waals surface area contributed by atoms with Crippen LogP contribution in [0.4, 0.5) is 0 Å². The zero-order valence-corrected chi connectivity index (χ0v) is 11.9. The minimum absolute atomic E-state index is 0.460. The highest BCUT2D eigenvalue weighted by molar-refractivity contribution is 8.17. The van der Waals surface area contributed by atoms with Gasteiger partial charge in [0.15, 0.2) is 0 Å². The smallest absolute Gasteiger partial charge is 0.0846 e. The van der Waals surface area contributed by atoms with Crippen LogP contribution >= 0.6 is 23.5 Å². The predicted octanol–water partition coefficient (Wildman–Crippen LogP) is 5.74. The van der Waals surface area contributed by atoms with Gasteiger partial charge in [0.2, 0.25) is 0 Å². The summed E-state index contributed by atoms with van der Waals surface area (Å²) in [7, 11) is 0. The van der Waals surface area contributed by atoms with E-state index in [2.05, 4.69) is 66.7 Å². The summed E-state index contributed by atoms with van der Waals surface area (Å²) in [5.41, 5.74) is 1.39. The van der Waals surface area contributed by atoms with Crippen LogP contribution in [-0.4, -0.2) is 0 Å². The minimum atomic E-state index is 0.460. The molecule has 92 valence electrons. The van der Waals surface area contributed by atoms with E-state index in [0.717, 1.165) is 0 Å². The van der Waals surface area contributed by atoms with E-state index in [-0.39, 0.29) is 0 Å². The standard InChI is InChI=1S/C17H12S2/c1-2-6-13(7-3-1)17-18-14-10-4-8-12-9-5-11-15(19-17)16(12)14/h1-11,17H. The van der Waals surface area contributed by atoms with Crippen molar-refractivity contribution in [2.24, 2.45) is 0 Å². The zero-order chi connectivity index (χ0) is 12.7. The van der Waals surface area contributed by atoms with Gasteiger partial charge < -0.3 is 0 Å². The van der Waals surface area contributed by atoms with Crippen LogP contribution in [0.15, 0.2) is 76.5 Å².